The second kappa shape index (κ2) is 3.94. The number of ether oxygens (including phenoxy) is 2. The van der Waals surface area contributed by atoms with Crippen molar-refractivity contribution in [1.82, 2.24) is 5.16 Å². The van der Waals surface area contributed by atoms with Gasteiger partial charge in [0.05, 0.1) is 7.11 Å². The van der Waals surface area contributed by atoms with E-state index in [0.717, 1.165) is 23.3 Å². The van der Waals surface area contributed by atoms with E-state index in [1.165, 1.54) is 0 Å². The summed E-state index contributed by atoms with van der Waals surface area (Å²) in [4.78, 5) is 0. The number of hydrogen-bond acceptors (Lipinski definition) is 5. The summed E-state index contributed by atoms with van der Waals surface area (Å²) in [6.07, 6.45) is 1.03. The minimum absolute atomic E-state index is 0.170. The Hall–Kier alpha value is -2.17. The van der Waals surface area contributed by atoms with Crippen LogP contribution in [0.25, 0.3) is 11.3 Å². The lowest BCUT2D eigenvalue weighted by Crippen LogP contribution is -2.05. The van der Waals surface area contributed by atoms with Crippen LogP contribution in [0.3, 0.4) is 0 Å². The zero-order valence-electron chi connectivity index (χ0n) is 10.3. The Balaban J connectivity index is 2.10. The fourth-order valence-electron chi connectivity index (χ4n) is 2.22. The van der Waals surface area contributed by atoms with Gasteiger partial charge in [-0.25, -0.2) is 0 Å². The summed E-state index contributed by atoms with van der Waals surface area (Å²) >= 11 is 0. The van der Waals surface area contributed by atoms with Gasteiger partial charge in [0.2, 0.25) is 0 Å². The highest BCUT2D eigenvalue weighted by atomic mass is 16.5. The number of nitrogens with zero attached hydrogens (tertiary/aromatic N) is 1. The Labute approximate surface area is 104 Å². The fraction of sp³-hybridized carbons (Fsp3) is 0.308. The van der Waals surface area contributed by atoms with Gasteiger partial charge in [-0.3, -0.25) is 0 Å². The van der Waals surface area contributed by atoms with E-state index >= 15 is 0 Å². The molecule has 2 aromatic rings. The first-order valence-corrected chi connectivity index (χ1v) is 5.77. The number of nitrogen functional groups attached to an aromatic ring is 1. The van der Waals surface area contributed by atoms with Crippen molar-refractivity contribution in [1.29, 1.82) is 0 Å². The second-order valence-electron chi connectivity index (χ2n) is 4.42. The van der Waals surface area contributed by atoms with Crippen molar-refractivity contribution in [3.8, 4) is 22.8 Å². The average Bonchev–Trinajstić information content (AvgIpc) is 2.92. The van der Waals surface area contributed by atoms with Gasteiger partial charge in [0.25, 0.3) is 0 Å². The molecule has 94 valence electrons. The van der Waals surface area contributed by atoms with Crippen molar-refractivity contribution in [3.05, 3.63) is 23.8 Å². The van der Waals surface area contributed by atoms with Gasteiger partial charge in [-0.15, -0.1) is 0 Å². The largest absolute Gasteiger partial charge is 0.493 e. The smallest absolute Gasteiger partial charge is 0.169 e. The van der Waals surface area contributed by atoms with Crippen molar-refractivity contribution < 1.29 is 14.0 Å². The second-order valence-corrected chi connectivity index (χ2v) is 4.42. The van der Waals surface area contributed by atoms with E-state index in [9.17, 15) is 0 Å². The SMILES string of the molecule is COc1cc(-c2cc(N)no2)cc2c1OC(C)C2. The maximum Gasteiger partial charge on any atom is 0.169 e. The van der Waals surface area contributed by atoms with Crippen LogP contribution in [0, 0.1) is 0 Å². The number of methoxy groups -OCH3 is 1. The van der Waals surface area contributed by atoms with Gasteiger partial charge in [0.15, 0.2) is 23.1 Å². The van der Waals surface area contributed by atoms with Gasteiger partial charge in [-0.05, 0) is 19.1 Å². The van der Waals surface area contributed by atoms with Crippen LogP contribution in [0.5, 0.6) is 11.5 Å². The Morgan fingerprint density at radius 3 is 2.89 bits per heavy atom. The molecule has 18 heavy (non-hydrogen) atoms. The van der Waals surface area contributed by atoms with Crippen molar-refractivity contribution in [2.24, 2.45) is 0 Å². The molecule has 1 unspecified atom stereocenters. The molecular formula is C13H14N2O3. The van der Waals surface area contributed by atoms with Gasteiger partial charge in [0, 0.05) is 23.6 Å². The van der Waals surface area contributed by atoms with E-state index in [-0.39, 0.29) is 6.10 Å². The molecule has 0 saturated heterocycles. The number of hydrogen-bond donors (Lipinski definition) is 1. The van der Waals surface area contributed by atoms with Gasteiger partial charge < -0.3 is 19.7 Å². The Kier molecular flexibility index (Phi) is 2.40. The molecule has 0 saturated carbocycles. The summed E-state index contributed by atoms with van der Waals surface area (Å²) in [7, 11) is 1.63. The van der Waals surface area contributed by atoms with Gasteiger partial charge in [-0.2, -0.15) is 0 Å². The van der Waals surface area contributed by atoms with Crippen LogP contribution in [0.2, 0.25) is 0 Å². The third-order valence-electron chi connectivity index (χ3n) is 2.99. The molecule has 0 fully saturated rings. The molecule has 5 nitrogen and oxygen atoms in total. The number of rotatable bonds is 2. The van der Waals surface area contributed by atoms with Gasteiger partial charge >= 0.3 is 0 Å². The molecule has 5 heteroatoms. The molecule has 0 radical (unpaired) electrons. The molecule has 2 heterocycles. The van der Waals surface area contributed by atoms with Crippen LogP contribution in [0.1, 0.15) is 12.5 Å². The normalized spacial score (nSPS) is 17.3. The molecule has 1 aliphatic rings. The molecule has 1 atom stereocenters. The topological polar surface area (TPSA) is 70.5 Å². The summed E-state index contributed by atoms with van der Waals surface area (Å²) in [6, 6.07) is 5.60. The molecule has 1 aromatic carbocycles. The lowest BCUT2D eigenvalue weighted by atomic mass is 10.0. The Morgan fingerprint density at radius 2 is 2.22 bits per heavy atom. The third-order valence-corrected chi connectivity index (χ3v) is 2.99. The molecule has 2 N–H and O–H groups in total. The van der Waals surface area contributed by atoms with E-state index in [4.69, 9.17) is 19.7 Å². The molecule has 0 aliphatic carbocycles. The number of fused-ring (bicyclic) bond motifs is 1. The van der Waals surface area contributed by atoms with Crippen LogP contribution in [0.15, 0.2) is 22.7 Å². The van der Waals surface area contributed by atoms with Crippen LogP contribution in [0.4, 0.5) is 5.82 Å². The Morgan fingerprint density at radius 1 is 1.39 bits per heavy atom. The minimum atomic E-state index is 0.170. The van der Waals surface area contributed by atoms with E-state index in [0.29, 0.717) is 17.3 Å². The molecular weight excluding hydrogens is 232 g/mol. The highest BCUT2D eigenvalue weighted by Crippen LogP contribution is 2.41. The predicted octanol–water partition coefficient (Wildman–Crippen LogP) is 2.26. The average molecular weight is 246 g/mol. The molecule has 0 amide bonds. The standard InChI is InChI=1S/C13H14N2O3/c1-7-3-9-4-8(10-6-12(14)15-18-10)5-11(16-2)13(9)17-7/h4-7H,3H2,1-2H3,(H2,14,15). The summed E-state index contributed by atoms with van der Waals surface area (Å²) in [5, 5.41) is 3.69. The van der Waals surface area contributed by atoms with Crippen LogP contribution in [-0.4, -0.2) is 18.4 Å². The fourth-order valence-corrected chi connectivity index (χ4v) is 2.22. The van der Waals surface area contributed by atoms with E-state index in [1.54, 1.807) is 13.2 Å². The summed E-state index contributed by atoms with van der Waals surface area (Å²) < 4.78 is 16.3. The van der Waals surface area contributed by atoms with Crippen LogP contribution in [-0.2, 0) is 6.42 Å². The van der Waals surface area contributed by atoms with Gasteiger partial charge in [0.1, 0.15) is 6.10 Å². The highest BCUT2D eigenvalue weighted by Gasteiger charge is 2.24. The summed E-state index contributed by atoms with van der Waals surface area (Å²) in [5.41, 5.74) is 7.57. The monoisotopic (exact) mass is 246 g/mol. The van der Waals surface area contributed by atoms with E-state index in [1.807, 2.05) is 19.1 Å². The summed E-state index contributed by atoms with van der Waals surface area (Å²) in [5.74, 6) is 2.53. The number of anilines is 1. The third kappa shape index (κ3) is 1.68. The maximum absolute atomic E-state index is 5.73. The first-order chi connectivity index (χ1) is 8.67. The van der Waals surface area contributed by atoms with Crippen LogP contribution >= 0.6 is 0 Å². The number of benzene rings is 1. The first kappa shape index (κ1) is 11.0. The number of aromatic nitrogens is 1. The molecule has 3 rings (SSSR count). The summed E-state index contributed by atoms with van der Waals surface area (Å²) in [6.45, 7) is 2.03. The number of nitrogens with two attached hydrogens (primary N) is 1. The first-order valence-electron chi connectivity index (χ1n) is 5.77. The van der Waals surface area contributed by atoms with Crippen molar-refractivity contribution >= 4 is 5.82 Å². The molecule has 0 bridgehead atoms. The zero-order valence-corrected chi connectivity index (χ0v) is 10.3. The molecule has 1 aliphatic heterocycles. The highest BCUT2D eigenvalue weighted by molar-refractivity contribution is 5.67. The quantitative estimate of drug-likeness (QED) is 0.880. The molecule has 0 spiro atoms. The van der Waals surface area contributed by atoms with Crippen molar-refractivity contribution in [3.63, 3.8) is 0 Å². The lowest BCUT2D eigenvalue weighted by Gasteiger charge is -2.09. The maximum atomic E-state index is 5.73. The Bertz CT molecular complexity index is 592. The van der Waals surface area contributed by atoms with E-state index in [2.05, 4.69) is 5.16 Å². The lowest BCUT2D eigenvalue weighted by molar-refractivity contribution is 0.243. The minimum Gasteiger partial charge on any atom is -0.493 e. The molecule has 1 aromatic heterocycles. The van der Waals surface area contributed by atoms with Crippen molar-refractivity contribution in [2.45, 2.75) is 19.4 Å². The zero-order chi connectivity index (χ0) is 12.7. The van der Waals surface area contributed by atoms with E-state index < -0.39 is 0 Å². The van der Waals surface area contributed by atoms with Crippen molar-refractivity contribution in [2.75, 3.05) is 12.8 Å². The van der Waals surface area contributed by atoms with Crippen LogP contribution < -0.4 is 15.2 Å². The predicted molar refractivity (Wildman–Crippen MR) is 66.7 cm³/mol. The van der Waals surface area contributed by atoms with Gasteiger partial charge in [-0.1, -0.05) is 5.16 Å².